The summed E-state index contributed by atoms with van der Waals surface area (Å²) in [6.07, 6.45) is 1.11. The summed E-state index contributed by atoms with van der Waals surface area (Å²) in [5, 5.41) is 0. The third-order valence-corrected chi connectivity index (χ3v) is 2.47. The molecule has 0 aromatic rings. The van der Waals surface area contributed by atoms with Crippen LogP contribution < -0.4 is 4.72 Å². The first kappa shape index (κ1) is 9.47. The largest absolute Gasteiger partial charge is 0.340 e. The number of likely N-dealkylation sites (tertiary alicyclic amines) is 1. The van der Waals surface area contributed by atoms with E-state index in [2.05, 4.69) is 4.72 Å². The molecule has 70 valence electrons. The predicted octanol–water partition coefficient (Wildman–Crippen LogP) is -1.23. The Balaban J connectivity index is 2.32. The highest BCUT2D eigenvalue weighted by Gasteiger charge is 2.30. The van der Waals surface area contributed by atoms with E-state index < -0.39 is 10.0 Å². The molecule has 1 rings (SSSR count). The Morgan fingerprint density at radius 2 is 2.00 bits per heavy atom. The number of nitrogens with one attached hydrogen (secondary N) is 1. The maximum atomic E-state index is 10.7. The molecule has 1 aliphatic heterocycles. The molecular formula is C6H12N2O3S. The van der Waals surface area contributed by atoms with Gasteiger partial charge < -0.3 is 4.90 Å². The highest BCUT2D eigenvalue weighted by Crippen LogP contribution is 2.07. The number of carbonyl (C=O) groups is 1. The van der Waals surface area contributed by atoms with E-state index in [0.29, 0.717) is 13.1 Å². The molecule has 1 saturated heterocycles. The molecule has 0 bridgehead atoms. The van der Waals surface area contributed by atoms with Gasteiger partial charge in [-0.3, -0.25) is 4.79 Å². The molecule has 0 saturated carbocycles. The zero-order valence-corrected chi connectivity index (χ0v) is 7.89. The second-order valence-electron chi connectivity index (χ2n) is 3.01. The molecule has 1 aliphatic rings. The van der Waals surface area contributed by atoms with E-state index in [4.69, 9.17) is 0 Å². The molecule has 0 radical (unpaired) electrons. The van der Waals surface area contributed by atoms with Crippen molar-refractivity contribution in [3.05, 3.63) is 0 Å². The van der Waals surface area contributed by atoms with Crippen LogP contribution in [0, 0.1) is 0 Å². The van der Waals surface area contributed by atoms with Crippen molar-refractivity contribution in [1.82, 2.24) is 9.62 Å². The maximum absolute atomic E-state index is 10.7. The predicted molar refractivity (Wildman–Crippen MR) is 44.0 cm³/mol. The van der Waals surface area contributed by atoms with Crippen LogP contribution in [-0.4, -0.2) is 44.6 Å². The summed E-state index contributed by atoms with van der Waals surface area (Å²) in [5.74, 6) is -0.0125. The minimum absolute atomic E-state index is 0.0125. The summed E-state index contributed by atoms with van der Waals surface area (Å²) < 4.78 is 23.8. The average Bonchev–Trinajstić information content (AvgIpc) is 1.74. The lowest BCUT2D eigenvalue weighted by molar-refractivity contribution is -0.133. The van der Waals surface area contributed by atoms with Gasteiger partial charge >= 0.3 is 0 Å². The van der Waals surface area contributed by atoms with Crippen LogP contribution in [0.3, 0.4) is 0 Å². The Hall–Kier alpha value is -0.620. The van der Waals surface area contributed by atoms with E-state index >= 15 is 0 Å². The molecule has 0 aromatic heterocycles. The van der Waals surface area contributed by atoms with Crippen molar-refractivity contribution in [3.63, 3.8) is 0 Å². The molecule has 0 atom stereocenters. The number of sulfonamides is 1. The monoisotopic (exact) mass is 192 g/mol. The van der Waals surface area contributed by atoms with E-state index in [1.165, 1.54) is 6.92 Å². The Morgan fingerprint density at radius 3 is 2.33 bits per heavy atom. The lowest BCUT2D eigenvalue weighted by atomic mass is 10.1. The summed E-state index contributed by atoms with van der Waals surface area (Å²) in [7, 11) is -3.12. The number of nitrogens with zero attached hydrogens (tertiary/aromatic N) is 1. The molecule has 5 nitrogen and oxygen atoms in total. The molecule has 1 amide bonds. The fourth-order valence-electron chi connectivity index (χ4n) is 1.11. The molecule has 1 fully saturated rings. The average molecular weight is 192 g/mol. The van der Waals surface area contributed by atoms with Gasteiger partial charge in [-0.15, -0.1) is 0 Å². The Labute approximate surface area is 71.8 Å². The van der Waals surface area contributed by atoms with Gasteiger partial charge in [-0.2, -0.15) is 0 Å². The Morgan fingerprint density at radius 1 is 1.50 bits per heavy atom. The number of hydrogen-bond donors (Lipinski definition) is 1. The quantitative estimate of drug-likeness (QED) is 0.595. The molecule has 0 aromatic carbocycles. The molecular weight excluding hydrogens is 180 g/mol. The summed E-state index contributed by atoms with van der Waals surface area (Å²) in [4.78, 5) is 12.3. The Bertz CT molecular complexity index is 279. The highest BCUT2D eigenvalue weighted by atomic mass is 32.2. The molecule has 1 heterocycles. The van der Waals surface area contributed by atoms with Crippen LogP contribution in [-0.2, 0) is 14.8 Å². The van der Waals surface area contributed by atoms with E-state index in [1.54, 1.807) is 4.90 Å². The minimum Gasteiger partial charge on any atom is -0.340 e. The van der Waals surface area contributed by atoms with Crippen molar-refractivity contribution in [2.45, 2.75) is 13.0 Å². The standard InChI is InChI=1S/C6H12N2O3S/c1-5(9)8-3-6(4-8)7-12(2,10)11/h6-7H,3-4H2,1-2H3. The topological polar surface area (TPSA) is 66.5 Å². The van der Waals surface area contributed by atoms with Gasteiger partial charge in [0.15, 0.2) is 0 Å². The molecule has 0 unspecified atom stereocenters. The summed E-state index contributed by atoms with van der Waals surface area (Å²) in [5.41, 5.74) is 0. The smallest absolute Gasteiger partial charge is 0.219 e. The van der Waals surface area contributed by atoms with Crippen molar-refractivity contribution in [3.8, 4) is 0 Å². The minimum atomic E-state index is -3.12. The van der Waals surface area contributed by atoms with Crippen molar-refractivity contribution < 1.29 is 13.2 Å². The van der Waals surface area contributed by atoms with Gasteiger partial charge in [0.1, 0.15) is 0 Å². The van der Waals surface area contributed by atoms with E-state index in [0.717, 1.165) is 6.26 Å². The van der Waals surface area contributed by atoms with E-state index in [9.17, 15) is 13.2 Å². The first-order valence-corrected chi connectivity index (χ1v) is 5.50. The first-order valence-electron chi connectivity index (χ1n) is 3.61. The van der Waals surface area contributed by atoms with Crippen LogP contribution in [0.25, 0.3) is 0 Å². The molecule has 0 spiro atoms. The third kappa shape index (κ3) is 2.46. The first-order chi connectivity index (χ1) is 5.38. The van der Waals surface area contributed by atoms with E-state index in [-0.39, 0.29) is 11.9 Å². The van der Waals surface area contributed by atoms with Gasteiger partial charge in [-0.25, -0.2) is 13.1 Å². The number of amides is 1. The zero-order chi connectivity index (χ0) is 9.35. The second-order valence-corrected chi connectivity index (χ2v) is 4.79. The molecule has 0 aliphatic carbocycles. The molecule has 12 heavy (non-hydrogen) atoms. The normalized spacial score (nSPS) is 19.0. The summed E-state index contributed by atoms with van der Waals surface area (Å²) >= 11 is 0. The van der Waals surface area contributed by atoms with Gasteiger partial charge in [0.25, 0.3) is 0 Å². The van der Waals surface area contributed by atoms with Crippen LogP contribution in [0.4, 0.5) is 0 Å². The zero-order valence-electron chi connectivity index (χ0n) is 7.07. The SMILES string of the molecule is CC(=O)N1CC(NS(C)(=O)=O)C1. The van der Waals surface area contributed by atoms with Gasteiger partial charge in [-0.05, 0) is 0 Å². The van der Waals surface area contributed by atoms with Crippen LogP contribution in [0.15, 0.2) is 0 Å². The number of carbonyl (C=O) groups excluding carboxylic acids is 1. The highest BCUT2D eigenvalue weighted by molar-refractivity contribution is 7.88. The van der Waals surface area contributed by atoms with Crippen molar-refractivity contribution in [2.24, 2.45) is 0 Å². The van der Waals surface area contributed by atoms with Crippen molar-refractivity contribution in [2.75, 3.05) is 19.3 Å². The Kier molecular flexibility index (Phi) is 2.39. The van der Waals surface area contributed by atoms with Gasteiger partial charge in [0, 0.05) is 20.0 Å². The van der Waals surface area contributed by atoms with Crippen LogP contribution in [0.1, 0.15) is 6.92 Å². The van der Waals surface area contributed by atoms with Gasteiger partial charge in [0.05, 0.1) is 12.3 Å². The summed E-state index contributed by atoms with van der Waals surface area (Å²) in [6, 6.07) is -0.0936. The summed E-state index contributed by atoms with van der Waals surface area (Å²) in [6.45, 7) is 2.45. The fourth-order valence-corrected chi connectivity index (χ4v) is 1.87. The molecule has 6 heteroatoms. The van der Waals surface area contributed by atoms with Crippen LogP contribution >= 0.6 is 0 Å². The van der Waals surface area contributed by atoms with Crippen molar-refractivity contribution >= 4 is 15.9 Å². The third-order valence-electron chi connectivity index (χ3n) is 1.71. The van der Waals surface area contributed by atoms with Crippen molar-refractivity contribution in [1.29, 1.82) is 0 Å². The fraction of sp³-hybridized carbons (Fsp3) is 0.833. The second kappa shape index (κ2) is 3.02. The van der Waals surface area contributed by atoms with Crippen LogP contribution in [0.5, 0.6) is 0 Å². The number of hydrogen-bond acceptors (Lipinski definition) is 3. The van der Waals surface area contributed by atoms with Gasteiger partial charge in [0.2, 0.25) is 15.9 Å². The van der Waals surface area contributed by atoms with Crippen LogP contribution in [0.2, 0.25) is 0 Å². The lowest BCUT2D eigenvalue weighted by Crippen LogP contribution is -2.60. The lowest BCUT2D eigenvalue weighted by Gasteiger charge is -2.38. The number of rotatable bonds is 2. The van der Waals surface area contributed by atoms with Gasteiger partial charge in [-0.1, -0.05) is 0 Å². The maximum Gasteiger partial charge on any atom is 0.219 e. The molecule has 1 N–H and O–H groups in total. The van der Waals surface area contributed by atoms with E-state index in [1.807, 2.05) is 0 Å².